The number of nitriles is 1. The van der Waals surface area contributed by atoms with Gasteiger partial charge in [0.1, 0.15) is 6.07 Å². The zero-order valence-corrected chi connectivity index (χ0v) is 15.6. The summed E-state index contributed by atoms with van der Waals surface area (Å²) >= 11 is 0. The minimum Gasteiger partial charge on any atom is -0.465 e. The third-order valence-corrected chi connectivity index (χ3v) is 5.16. The van der Waals surface area contributed by atoms with Gasteiger partial charge in [0.25, 0.3) is 0 Å². The lowest BCUT2D eigenvalue weighted by atomic mass is 10.0. The van der Waals surface area contributed by atoms with Crippen molar-refractivity contribution in [2.24, 2.45) is 0 Å². The molecule has 27 heavy (non-hydrogen) atoms. The van der Waals surface area contributed by atoms with Crippen LogP contribution in [0.25, 0.3) is 10.9 Å². The number of ether oxygens (including phenoxy) is 1. The number of hydrogen-bond donors (Lipinski definition) is 1. The Morgan fingerprint density at radius 2 is 2.15 bits per heavy atom. The Balaban J connectivity index is 1.79. The van der Waals surface area contributed by atoms with Crippen LogP contribution in [0.15, 0.2) is 24.3 Å². The first-order valence-corrected chi connectivity index (χ1v) is 8.87. The second kappa shape index (κ2) is 6.44. The van der Waals surface area contributed by atoms with Crippen LogP contribution < -0.4 is 4.90 Å². The third-order valence-electron chi connectivity index (χ3n) is 5.16. The molecule has 0 bridgehead atoms. The lowest BCUT2D eigenvalue weighted by Gasteiger charge is -2.30. The molecule has 0 saturated carbocycles. The summed E-state index contributed by atoms with van der Waals surface area (Å²) in [7, 11) is 1.39. The largest absolute Gasteiger partial charge is 0.465 e. The van der Waals surface area contributed by atoms with Gasteiger partial charge in [-0.2, -0.15) is 5.26 Å². The topological polar surface area (TPSA) is 82.0 Å². The van der Waals surface area contributed by atoms with Crippen LogP contribution in [0.1, 0.15) is 38.6 Å². The number of fused-ring (bicyclic) bond motifs is 3. The molecule has 2 aromatic heterocycles. The Labute approximate surface area is 157 Å². The average Bonchev–Trinajstić information content (AvgIpc) is 3.03. The number of aryl methyl sites for hydroxylation is 2. The Bertz CT molecular complexity index is 1110. The molecule has 1 aliphatic rings. The van der Waals surface area contributed by atoms with Crippen molar-refractivity contribution in [3.63, 3.8) is 0 Å². The predicted octanol–water partition coefficient (Wildman–Crippen LogP) is 3.40. The number of anilines is 1. The first-order chi connectivity index (χ1) is 13.0. The van der Waals surface area contributed by atoms with E-state index in [0.717, 1.165) is 46.5 Å². The molecule has 4 rings (SSSR count). The Morgan fingerprint density at radius 3 is 2.89 bits per heavy atom. The number of benzene rings is 1. The summed E-state index contributed by atoms with van der Waals surface area (Å²) in [4.78, 5) is 22.0. The fourth-order valence-electron chi connectivity index (χ4n) is 3.86. The number of aromatic nitrogens is 2. The molecule has 0 radical (unpaired) electrons. The van der Waals surface area contributed by atoms with Crippen LogP contribution in [0.5, 0.6) is 0 Å². The normalized spacial score (nSPS) is 13.3. The summed E-state index contributed by atoms with van der Waals surface area (Å²) in [6.45, 7) is 5.32. The van der Waals surface area contributed by atoms with Crippen molar-refractivity contribution in [2.75, 3.05) is 18.6 Å². The summed E-state index contributed by atoms with van der Waals surface area (Å²) in [6, 6.07) is 9.86. The molecular weight excluding hydrogens is 340 g/mol. The van der Waals surface area contributed by atoms with Gasteiger partial charge in [0, 0.05) is 47.4 Å². The molecule has 0 saturated heterocycles. The molecule has 136 valence electrons. The van der Waals surface area contributed by atoms with Crippen molar-refractivity contribution in [3.8, 4) is 6.07 Å². The second-order valence-electron chi connectivity index (χ2n) is 6.86. The Kier molecular flexibility index (Phi) is 4.08. The number of pyridine rings is 1. The van der Waals surface area contributed by atoms with Crippen LogP contribution in [0.2, 0.25) is 0 Å². The van der Waals surface area contributed by atoms with Crippen molar-refractivity contribution in [1.29, 1.82) is 5.26 Å². The van der Waals surface area contributed by atoms with Gasteiger partial charge in [0.05, 0.1) is 29.6 Å². The number of aromatic amines is 1. The molecule has 3 heterocycles. The van der Waals surface area contributed by atoms with Crippen LogP contribution in [0, 0.1) is 25.2 Å². The molecule has 6 nitrogen and oxygen atoms in total. The number of methoxy groups -OCH3 is 1. The van der Waals surface area contributed by atoms with Crippen LogP contribution in [-0.4, -0.2) is 29.6 Å². The van der Waals surface area contributed by atoms with E-state index in [9.17, 15) is 10.1 Å². The highest BCUT2D eigenvalue weighted by atomic mass is 16.5. The van der Waals surface area contributed by atoms with Crippen molar-refractivity contribution in [3.05, 3.63) is 58.0 Å². The van der Waals surface area contributed by atoms with Gasteiger partial charge in [-0.05, 0) is 38.1 Å². The number of hydrogen-bond acceptors (Lipinski definition) is 5. The fraction of sp³-hybridized carbons (Fsp3) is 0.286. The number of nitrogens with one attached hydrogen (secondary N) is 1. The molecule has 0 atom stereocenters. The SMILES string of the molecule is COC(=O)c1ccc2[nH]c3c(c2c1)CN(c1cc(C)nc(C)c1C#N)CC3. The Morgan fingerprint density at radius 1 is 1.33 bits per heavy atom. The minimum absolute atomic E-state index is 0.341. The highest BCUT2D eigenvalue weighted by Crippen LogP contribution is 2.33. The van der Waals surface area contributed by atoms with Gasteiger partial charge in [-0.3, -0.25) is 4.98 Å². The average molecular weight is 360 g/mol. The molecule has 6 heteroatoms. The quantitative estimate of drug-likeness (QED) is 0.708. The maximum Gasteiger partial charge on any atom is 0.337 e. The maximum absolute atomic E-state index is 11.9. The van der Waals surface area contributed by atoms with Gasteiger partial charge in [-0.25, -0.2) is 4.79 Å². The molecule has 0 fully saturated rings. The van der Waals surface area contributed by atoms with E-state index in [1.165, 1.54) is 12.8 Å². The summed E-state index contributed by atoms with van der Waals surface area (Å²) in [6.07, 6.45) is 0.850. The summed E-state index contributed by atoms with van der Waals surface area (Å²) in [5, 5.41) is 10.6. The van der Waals surface area contributed by atoms with Gasteiger partial charge in [-0.15, -0.1) is 0 Å². The summed E-state index contributed by atoms with van der Waals surface area (Å²) < 4.78 is 4.85. The van der Waals surface area contributed by atoms with Crippen molar-refractivity contribution in [1.82, 2.24) is 9.97 Å². The van der Waals surface area contributed by atoms with Gasteiger partial charge in [0.2, 0.25) is 0 Å². The van der Waals surface area contributed by atoms with Crippen LogP contribution in [0.4, 0.5) is 5.69 Å². The van der Waals surface area contributed by atoms with Crippen molar-refractivity contribution < 1.29 is 9.53 Å². The number of H-pyrrole nitrogens is 1. The maximum atomic E-state index is 11.9. The van der Waals surface area contributed by atoms with Crippen molar-refractivity contribution >= 4 is 22.6 Å². The van der Waals surface area contributed by atoms with Crippen LogP contribution in [0.3, 0.4) is 0 Å². The van der Waals surface area contributed by atoms with Crippen molar-refractivity contribution in [2.45, 2.75) is 26.8 Å². The Hall–Kier alpha value is -3.33. The van der Waals surface area contributed by atoms with E-state index in [4.69, 9.17) is 4.74 Å². The summed E-state index contributed by atoms with van der Waals surface area (Å²) in [5.41, 5.74) is 7.10. The van der Waals surface area contributed by atoms with E-state index in [2.05, 4.69) is 20.9 Å². The van der Waals surface area contributed by atoms with Gasteiger partial charge in [-0.1, -0.05) is 0 Å². The first-order valence-electron chi connectivity index (χ1n) is 8.87. The summed E-state index contributed by atoms with van der Waals surface area (Å²) in [5.74, 6) is -0.341. The molecule has 0 aliphatic carbocycles. The molecular formula is C21H20N4O2. The molecule has 0 amide bonds. The lowest BCUT2D eigenvalue weighted by Crippen LogP contribution is -2.31. The second-order valence-corrected chi connectivity index (χ2v) is 6.86. The van der Waals surface area contributed by atoms with E-state index in [1.54, 1.807) is 6.07 Å². The smallest absolute Gasteiger partial charge is 0.337 e. The van der Waals surface area contributed by atoms with E-state index >= 15 is 0 Å². The molecule has 0 unspecified atom stereocenters. The minimum atomic E-state index is -0.341. The number of carbonyl (C=O) groups is 1. The van der Waals surface area contributed by atoms with Gasteiger partial charge >= 0.3 is 5.97 Å². The predicted molar refractivity (Wildman–Crippen MR) is 103 cm³/mol. The standard InChI is InChI=1S/C21H20N4O2/c1-12-8-20(16(10-22)13(2)23-12)25-7-6-19-17(11-25)15-9-14(21(26)27-3)4-5-18(15)24-19/h4-5,8-9,24H,6-7,11H2,1-3H3. The number of nitrogens with zero attached hydrogens (tertiary/aromatic N) is 3. The van der Waals surface area contributed by atoms with Crippen LogP contribution >= 0.6 is 0 Å². The van der Waals surface area contributed by atoms with Gasteiger partial charge in [0.15, 0.2) is 0 Å². The number of carbonyl (C=O) groups excluding carboxylic acids is 1. The van der Waals surface area contributed by atoms with E-state index in [1.807, 2.05) is 32.0 Å². The molecule has 1 aromatic carbocycles. The number of esters is 1. The van der Waals surface area contributed by atoms with E-state index in [-0.39, 0.29) is 5.97 Å². The highest BCUT2D eigenvalue weighted by molar-refractivity contribution is 5.96. The lowest BCUT2D eigenvalue weighted by molar-refractivity contribution is 0.0601. The van der Waals surface area contributed by atoms with E-state index in [0.29, 0.717) is 17.7 Å². The molecule has 1 aliphatic heterocycles. The van der Waals surface area contributed by atoms with Gasteiger partial charge < -0.3 is 14.6 Å². The third kappa shape index (κ3) is 2.81. The monoisotopic (exact) mass is 360 g/mol. The molecule has 0 spiro atoms. The molecule has 1 N–H and O–H groups in total. The first kappa shape index (κ1) is 17.1. The number of rotatable bonds is 2. The zero-order valence-electron chi connectivity index (χ0n) is 15.6. The van der Waals surface area contributed by atoms with E-state index < -0.39 is 0 Å². The van der Waals surface area contributed by atoms with Crippen LogP contribution in [-0.2, 0) is 17.7 Å². The zero-order chi connectivity index (χ0) is 19.1. The fourth-order valence-corrected chi connectivity index (χ4v) is 3.86. The molecule has 3 aromatic rings. The highest BCUT2D eigenvalue weighted by Gasteiger charge is 2.24.